The molecule has 1 aliphatic rings. The largest absolute Gasteiger partial charge is 0.378 e. The van der Waals surface area contributed by atoms with Crippen molar-refractivity contribution in [3.8, 4) is 0 Å². The Morgan fingerprint density at radius 3 is 3.06 bits per heavy atom. The van der Waals surface area contributed by atoms with Crippen LogP contribution in [0.25, 0.3) is 0 Å². The highest BCUT2D eigenvalue weighted by atomic mass is 16.5. The maximum absolute atomic E-state index is 6.06. The molecule has 0 aliphatic carbocycles. The van der Waals surface area contributed by atoms with Gasteiger partial charge in [-0.05, 0) is 37.3 Å². The van der Waals surface area contributed by atoms with Crippen molar-refractivity contribution in [2.24, 2.45) is 12.8 Å². The molecule has 2 rings (SSSR count). The van der Waals surface area contributed by atoms with Crippen LogP contribution < -0.4 is 5.73 Å². The first-order valence-corrected chi connectivity index (χ1v) is 6.34. The van der Waals surface area contributed by atoms with Crippen molar-refractivity contribution in [2.75, 3.05) is 6.61 Å². The minimum Gasteiger partial charge on any atom is -0.378 e. The summed E-state index contributed by atoms with van der Waals surface area (Å²) >= 11 is 0. The Kier molecular flexibility index (Phi) is 4.44. The van der Waals surface area contributed by atoms with E-state index in [0.29, 0.717) is 12.5 Å². The van der Waals surface area contributed by atoms with Gasteiger partial charge in [-0.2, -0.15) is 4.80 Å². The van der Waals surface area contributed by atoms with E-state index in [-0.39, 0.29) is 6.04 Å². The van der Waals surface area contributed by atoms with Crippen molar-refractivity contribution in [1.29, 1.82) is 0 Å². The molecular formula is C11H21N5O. The van der Waals surface area contributed by atoms with Crippen molar-refractivity contribution in [3.63, 3.8) is 0 Å². The normalized spacial score (nSPS) is 22.6. The van der Waals surface area contributed by atoms with Crippen LogP contribution in [0, 0.1) is 0 Å². The number of aromatic nitrogens is 4. The van der Waals surface area contributed by atoms with E-state index >= 15 is 0 Å². The lowest BCUT2D eigenvalue weighted by Gasteiger charge is -2.23. The van der Waals surface area contributed by atoms with Crippen LogP contribution in [0.15, 0.2) is 0 Å². The molecule has 2 atom stereocenters. The average Bonchev–Trinajstić information content (AvgIpc) is 2.73. The molecule has 0 amide bonds. The third kappa shape index (κ3) is 4.05. The second-order valence-corrected chi connectivity index (χ2v) is 4.73. The number of nitrogens with zero attached hydrogens (tertiary/aromatic N) is 4. The molecule has 0 bridgehead atoms. The molecule has 1 saturated heterocycles. The minimum atomic E-state index is 0.102. The highest BCUT2D eigenvalue weighted by Gasteiger charge is 2.16. The summed E-state index contributed by atoms with van der Waals surface area (Å²) in [5, 5.41) is 11.9. The van der Waals surface area contributed by atoms with Crippen LogP contribution in [0.4, 0.5) is 0 Å². The fraction of sp³-hybridized carbons (Fsp3) is 0.909. The van der Waals surface area contributed by atoms with Gasteiger partial charge in [0.15, 0.2) is 5.82 Å². The zero-order chi connectivity index (χ0) is 12.1. The molecule has 96 valence electrons. The molecule has 17 heavy (non-hydrogen) atoms. The predicted molar refractivity (Wildman–Crippen MR) is 63.3 cm³/mol. The lowest BCUT2D eigenvalue weighted by atomic mass is 10.0. The van der Waals surface area contributed by atoms with Gasteiger partial charge in [-0.15, -0.1) is 10.2 Å². The van der Waals surface area contributed by atoms with E-state index < -0.39 is 0 Å². The van der Waals surface area contributed by atoms with Gasteiger partial charge >= 0.3 is 0 Å². The van der Waals surface area contributed by atoms with Crippen LogP contribution >= 0.6 is 0 Å². The van der Waals surface area contributed by atoms with Crippen molar-refractivity contribution < 1.29 is 4.74 Å². The Morgan fingerprint density at radius 1 is 1.53 bits per heavy atom. The molecule has 0 radical (unpaired) electrons. The number of hydrogen-bond donors (Lipinski definition) is 1. The van der Waals surface area contributed by atoms with Crippen LogP contribution in [0.2, 0.25) is 0 Å². The summed E-state index contributed by atoms with van der Waals surface area (Å²) in [4.78, 5) is 1.46. The summed E-state index contributed by atoms with van der Waals surface area (Å²) in [5.74, 6) is 0.726. The highest BCUT2D eigenvalue weighted by molar-refractivity contribution is 4.83. The molecule has 0 aromatic carbocycles. The SMILES string of the molecule is Cn1nnc(CC(N)CCC2CCCCO2)n1. The summed E-state index contributed by atoms with van der Waals surface area (Å²) < 4.78 is 5.68. The summed E-state index contributed by atoms with van der Waals surface area (Å²) in [7, 11) is 1.76. The summed E-state index contributed by atoms with van der Waals surface area (Å²) in [5.41, 5.74) is 6.06. The van der Waals surface area contributed by atoms with E-state index in [0.717, 1.165) is 25.3 Å². The third-order valence-electron chi connectivity index (χ3n) is 3.13. The fourth-order valence-corrected chi connectivity index (χ4v) is 2.18. The molecule has 1 aromatic heterocycles. The van der Waals surface area contributed by atoms with Crippen LogP contribution in [-0.2, 0) is 18.2 Å². The zero-order valence-electron chi connectivity index (χ0n) is 10.4. The number of tetrazole rings is 1. The second kappa shape index (κ2) is 6.07. The van der Waals surface area contributed by atoms with Gasteiger partial charge in [-0.1, -0.05) is 0 Å². The first kappa shape index (κ1) is 12.4. The van der Waals surface area contributed by atoms with Gasteiger partial charge in [0.2, 0.25) is 0 Å². The zero-order valence-corrected chi connectivity index (χ0v) is 10.4. The molecular weight excluding hydrogens is 218 g/mol. The Labute approximate surface area is 102 Å². The molecule has 2 N–H and O–H groups in total. The van der Waals surface area contributed by atoms with Crippen LogP contribution in [-0.4, -0.2) is 39.0 Å². The van der Waals surface area contributed by atoms with Crippen LogP contribution in [0.1, 0.15) is 37.9 Å². The number of rotatable bonds is 5. The lowest BCUT2D eigenvalue weighted by molar-refractivity contribution is 0.00913. The summed E-state index contributed by atoms with van der Waals surface area (Å²) in [6, 6.07) is 0.102. The molecule has 1 fully saturated rings. The van der Waals surface area contributed by atoms with E-state index in [2.05, 4.69) is 15.4 Å². The standard InChI is InChI=1S/C11H21N5O/c1-16-14-11(13-15-16)8-9(12)5-6-10-4-2-3-7-17-10/h9-10H,2-8,12H2,1H3. The van der Waals surface area contributed by atoms with Crippen molar-refractivity contribution in [1.82, 2.24) is 20.2 Å². The van der Waals surface area contributed by atoms with Gasteiger partial charge < -0.3 is 10.5 Å². The van der Waals surface area contributed by atoms with Crippen molar-refractivity contribution in [2.45, 2.75) is 50.7 Å². The first-order chi connectivity index (χ1) is 8.24. The minimum absolute atomic E-state index is 0.102. The van der Waals surface area contributed by atoms with E-state index in [4.69, 9.17) is 10.5 Å². The molecule has 1 aliphatic heterocycles. The maximum atomic E-state index is 6.06. The summed E-state index contributed by atoms with van der Waals surface area (Å²) in [6.45, 7) is 0.908. The summed E-state index contributed by atoms with van der Waals surface area (Å²) in [6.07, 6.45) is 6.77. The molecule has 6 nitrogen and oxygen atoms in total. The van der Waals surface area contributed by atoms with Crippen LogP contribution in [0.3, 0.4) is 0 Å². The fourth-order valence-electron chi connectivity index (χ4n) is 2.18. The Balaban J connectivity index is 1.68. The maximum Gasteiger partial charge on any atom is 0.176 e. The van der Waals surface area contributed by atoms with Gasteiger partial charge in [0.1, 0.15) is 0 Å². The lowest BCUT2D eigenvalue weighted by Crippen LogP contribution is -2.27. The van der Waals surface area contributed by atoms with Crippen molar-refractivity contribution in [3.05, 3.63) is 5.82 Å². The second-order valence-electron chi connectivity index (χ2n) is 4.73. The van der Waals surface area contributed by atoms with Gasteiger partial charge in [0, 0.05) is 19.1 Å². The smallest absolute Gasteiger partial charge is 0.176 e. The van der Waals surface area contributed by atoms with Crippen LogP contribution in [0.5, 0.6) is 0 Å². The molecule has 2 unspecified atom stereocenters. The topological polar surface area (TPSA) is 78.9 Å². The van der Waals surface area contributed by atoms with Gasteiger partial charge in [-0.3, -0.25) is 0 Å². The molecule has 6 heteroatoms. The Bertz CT molecular complexity index is 334. The highest BCUT2D eigenvalue weighted by Crippen LogP contribution is 2.17. The number of aryl methyl sites for hydroxylation is 1. The number of nitrogens with two attached hydrogens (primary N) is 1. The quantitative estimate of drug-likeness (QED) is 0.806. The van der Waals surface area contributed by atoms with Gasteiger partial charge in [0.05, 0.1) is 13.2 Å². The van der Waals surface area contributed by atoms with E-state index in [9.17, 15) is 0 Å². The predicted octanol–water partition coefficient (Wildman–Crippen LogP) is 0.429. The molecule has 1 aromatic rings. The van der Waals surface area contributed by atoms with E-state index in [1.807, 2.05) is 0 Å². The van der Waals surface area contributed by atoms with Gasteiger partial charge in [0.25, 0.3) is 0 Å². The Morgan fingerprint density at radius 2 is 2.41 bits per heavy atom. The number of hydrogen-bond acceptors (Lipinski definition) is 5. The molecule has 0 saturated carbocycles. The number of ether oxygens (including phenoxy) is 1. The molecule has 0 spiro atoms. The monoisotopic (exact) mass is 239 g/mol. The van der Waals surface area contributed by atoms with E-state index in [1.165, 1.54) is 24.1 Å². The third-order valence-corrected chi connectivity index (χ3v) is 3.13. The average molecular weight is 239 g/mol. The van der Waals surface area contributed by atoms with Crippen molar-refractivity contribution >= 4 is 0 Å². The van der Waals surface area contributed by atoms with E-state index in [1.54, 1.807) is 7.05 Å². The van der Waals surface area contributed by atoms with Gasteiger partial charge in [-0.25, -0.2) is 0 Å². The first-order valence-electron chi connectivity index (χ1n) is 6.34. The Hall–Kier alpha value is -1.01. The molecule has 2 heterocycles.